The Morgan fingerprint density at radius 3 is 2.58 bits per heavy atom. The first kappa shape index (κ1) is 10.4. The van der Waals surface area contributed by atoms with E-state index in [1.807, 2.05) is 0 Å². The zero-order chi connectivity index (χ0) is 9.19. The van der Waals surface area contributed by atoms with Crippen LogP contribution in [0, 0.1) is 5.41 Å². The van der Waals surface area contributed by atoms with Crippen LogP contribution in [0.3, 0.4) is 0 Å². The minimum atomic E-state index is 0.537. The van der Waals surface area contributed by atoms with Gasteiger partial charge in [0.15, 0.2) is 0 Å². The van der Waals surface area contributed by atoms with Crippen LogP contribution < -0.4 is 5.32 Å². The molecule has 1 nitrogen and oxygen atoms in total. The molecule has 1 saturated heterocycles. The van der Waals surface area contributed by atoms with Gasteiger partial charge in [0.05, 0.1) is 0 Å². The van der Waals surface area contributed by atoms with Crippen LogP contribution in [-0.2, 0) is 0 Å². The number of hydrogen-bond donors (Lipinski definition) is 1. The van der Waals surface area contributed by atoms with Crippen molar-refractivity contribution >= 4 is 11.8 Å². The zero-order valence-electron chi connectivity index (χ0n) is 8.68. The third kappa shape index (κ3) is 3.36. The van der Waals surface area contributed by atoms with E-state index in [4.69, 9.17) is 0 Å². The van der Waals surface area contributed by atoms with E-state index in [0.717, 1.165) is 6.04 Å². The molecule has 1 rings (SSSR count). The smallest absolute Gasteiger partial charge is 0.0165 e. The summed E-state index contributed by atoms with van der Waals surface area (Å²) in [6, 6.07) is 1.36. The van der Waals surface area contributed by atoms with Gasteiger partial charge in [-0.25, -0.2) is 0 Å². The molecule has 0 amide bonds. The largest absolute Gasteiger partial charge is 0.311 e. The van der Waals surface area contributed by atoms with Gasteiger partial charge < -0.3 is 5.32 Å². The summed E-state index contributed by atoms with van der Waals surface area (Å²) in [4.78, 5) is 0. The molecule has 0 aliphatic carbocycles. The summed E-state index contributed by atoms with van der Waals surface area (Å²) in [6.45, 7) is 9.20. The van der Waals surface area contributed by atoms with Crippen molar-refractivity contribution in [3.05, 3.63) is 0 Å². The van der Waals surface area contributed by atoms with Gasteiger partial charge in [-0.1, -0.05) is 27.7 Å². The maximum Gasteiger partial charge on any atom is 0.0165 e. The van der Waals surface area contributed by atoms with Crippen molar-refractivity contribution in [3.8, 4) is 0 Å². The van der Waals surface area contributed by atoms with E-state index in [1.54, 1.807) is 0 Å². The van der Waals surface area contributed by atoms with Crippen LogP contribution in [0.5, 0.6) is 0 Å². The number of hydrogen-bond acceptors (Lipinski definition) is 2. The van der Waals surface area contributed by atoms with Gasteiger partial charge in [-0.05, 0) is 17.6 Å². The highest BCUT2D eigenvalue weighted by molar-refractivity contribution is 7.99. The molecule has 1 unspecified atom stereocenters. The third-order valence-corrected chi connectivity index (χ3v) is 3.80. The fourth-order valence-electron chi connectivity index (χ4n) is 1.84. The third-order valence-electron chi connectivity index (χ3n) is 2.18. The van der Waals surface area contributed by atoms with Crippen molar-refractivity contribution in [1.29, 1.82) is 0 Å². The molecule has 0 spiro atoms. The second-order valence-electron chi connectivity index (χ2n) is 4.90. The van der Waals surface area contributed by atoms with Crippen molar-refractivity contribution < 1.29 is 0 Å². The second kappa shape index (κ2) is 4.01. The molecule has 0 aromatic carbocycles. The van der Waals surface area contributed by atoms with Gasteiger partial charge in [0.1, 0.15) is 0 Å². The van der Waals surface area contributed by atoms with Crippen LogP contribution >= 0.6 is 11.8 Å². The first-order valence-electron chi connectivity index (χ1n) is 4.83. The van der Waals surface area contributed by atoms with Gasteiger partial charge in [-0.15, -0.1) is 0 Å². The Kier molecular flexibility index (Phi) is 3.47. The van der Waals surface area contributed by atoms with Crippen LogP contribution in [0.15, 0.2) is 0 Å². The van der Waals surface area contributed by atoms with Crippen molar-refractivity contribution in [3.63, 3.8) is 0 Å². The van der Waals surface area contributed by atoms with Crippen molar-refractivity contribution in [2.45, 2.75) is 46.2 Å². The number of rotatable bonds is 2. The molecule has 1 aliphatic heterocycles. The Bertz CT molecular complexity index is 143. The average molecular weight is 187 g/mol. The quantitative estimate of drug-likeness (QED) is 0.713. The van der Waals surface area contributed by atoms with Crippen LogP contribution in [0.2, 0.25) is 0 Å². The molecular weight excluding hydrogens is 166 g/mol. The van der Waals surface area contributed by atoms with Crippen LogP contribution in [0.4, 0.5) is 0 Å². The highest BCUT2D eigenvalue weighted by Gasteiger charge is 2.28. The van der Waals surface area contributed by atoms with Gasteiger partial charge in [-0.2, -0.15) is 11.8 Å². The summed E-state index contributed by atoms with van der Waals surface area (Å²) in [5.41, 5.74) is 0.537. The van der Waals surface area contributed by atoms with Crippen molar-refractivity contribution in [2.24, 2.45) is 5.41 Å². The number of thioether (sulfide) groups is 1. The van der Waals surface area contributed by atoms with E-state index in [0.29, 0.717) is 11.5 Å². The molecule has 0 radical (unpaired) electrons. The number of nitrogens with one attached hydrogen (secondary N) is 1. The van der Waals surface area contributed by atoms with E-state index in [9.17, 15) is 0 Å². The molecule has 1 heterocycles. The lowest BCUT2D eigenvalue weighted by Gasteiger charge is -2.36. The topological polar surface area (TPSA) is 12.0 Å². The molecule has 1 fully saturated rings. The first-order valence-corrected chi connectivity index (χ1v) is 5.99. The molecule has 0 aromatic heterocycles. The van der Waals surface area contributed by atoms with Gasteiger partial charge >= 0.3 is 0 Å². The monoisotopic (exact) mass is 187 g/mol. The molecular formula is C10H21NS. The van der Waals surface area contributed by atoms with Gasteiger partial charge in [0, 0.05) is 17.8 Å². The lowest BCUT2D eigenvalue weighted by molar-refractivity contribution is 0.308. The Hall–Kier alpha value is 0.310. The highest BCUT2D eigenvalue weighted by atomic mass is 32.2. The second-order valence-corrected chi connectivity index (χ2v) is 5.93. The maximum atomic E-state index is 3.62. The van der Waals surface area contributed by atoms with E-state index >= 15 is 0 Å². The van der Waals surface area contributed by atoms with E-state index in [-0.39, 0.29) is 0 Å². The normalized spacial score (nSPS) is 29.2. The molecule has 1 N–H and O–H groups in total. The SMILES string of the molecule is CC(C)NC1CSCC(C)(C)C1. The summed E-state index contributed by atoms with van der Waals surface area (Å²) in [7, 11) is 0. The average Bonchev–Trinajstić information content (AvgIpc) is 1.82. The van der Waals surface area contributed by atoms with E-state index in [1.165, 1.54) is 17.9 Å². The van der Waals surface area contributed by atoms with Crippen LogP contribution in [-0.4, -0.2) is 23.6 Å². The Morgan fingerprint density at radius 2 is 2.08 bits per heavy atom. The summed E-state index contributed by atoms with van der Waals surface area (Å²) in [5.74, 6) is 2.62. The van der Waals surface area contributed by atoms with Crippen LogP contribution in [0.1, 0.15) is 34.1 Å². The molecule has 0 saturated carbocycles. The van der Waals surface area contributed by atoms with Gasteiger partial charge in [0.25, 0.3) is 0 Å². The fraction of sp³-hybridized carbons (Fsp3) is 1.00. The zero-order valence-corrected chi connectivity index (χ0v) is 9.50. The Morgan fingerprint density at radius 1 is 1.42 bits per heavy atom. The Labute approximate surface area is 80.7 Å². The van der Waals surface area contributed by atoms with Gasteiger partial charge in [-0.3, -0.25) is 0 Å². The Balaban J connectivity index is 2.36. The van der Waals surface area contributed by atoms with Gasteiger partial charge in [0.2, 0.25) is 0 Å². The standard InChI is InChI=1S/C10H21NS/c1-8(2)11-9-5-10(3,4)7-12-6-9/h8-9,11H,5-7H2,1-4H3. The summed E-state index contributed by atoms with van der Waals surface area (Å²) < 4.78 is 0. The summed E-state index contributed by atoms with van der Waals surface area (Å²) >= 11 is 2.09. The summed E-state index contributed by atoms with van der Waals surface area (Å²) in [5, 5.41) is 3.62. The maximum absolute atomic E-state index is 3.62. The fourth-order valence-corrected chi connectivity index (χ4v) is 3.13. The minimum Gasteiger partial charge on any atom is -0.311 e. The predicted octanol–water partition coefficient (Wildman–Crippen LogP) is 2.52. The summed E-state index contributed by atoms with van der Waals surface area (Å²) in [6.07, 6.45) is 1.33. The van der Waals surface area contributed by atoms with E-state index in [2.05, 4.69) is 44.8 Å². The van der Waals surface area contributed by atoms with Crippen molar-refractivity contribution in [2.75, 3.05) is 11.5 Å². The molecule has 0 bridgehead atoms. The lowest BCUT2D eigenvalue weighted by Crippen LogP contribution is -2.43. The van der Waals surface area contributed by atoms with Crippen LogP contribution in [0.25, 0.3) is 0 Å². The molecule has 0 aromatic rings. The van der Waals surface area contributed by atoms with E-state index < -0.39 is 0 Å². The molecule has 2 heteroatoms. The molecule has 72 valence electrons. The first-order chi connectivity index (χ1) is 5.49. The molecule has 1 aliphatic rings. The highest BCUT2D eigenvalue weighted by Crippen LogP contribution is 2.33. The molecule has 12 heavy (non-hydrogen) atoms. The molecule has 1 atom stereocenters. The minimum absolute atomic E-state index is 0.537. The predicted molar refractivity (Wildman–Crippen MR) is 57.8 cm³/mol. The lowest BCUT2D eigenvalue weighted by atomic mass is 9.87. The van der Waals surface area contributed by atoms with Crippen molar-refractivity contribution in [1.82, 2.24) is 5.32 Å².